The van der Waals surface area contributed by atoms with E-state index < -0.39 is 0 Å². The minimum atomic E-state index is 0.472. The van der Waals surface area contributed by atoms with E-state index in [2.05, 4.69) is 47.6 Å². The minimum absolute atomic E-state index is 0.472. The van der Waals surface area contributed by atoms with Crippen molar-refractivity contribution in [1.29, 1.82) is 0 Å². The molecule has 3 aromatic rings. The molecule has 1 heterocycles. The third kappa shape index (κ3) is 3.28. The van der Waals surface area contributed by atoms with Gasteiger partial charge in [0.1, 0.15) is 0 Å². The second-order valence-electron chi connectivity index (χ2n) is 5.18. The smallest absolute Gasteiger partial charge is 0.247 e. The van der Waals surface area contributed by atoms with Gasteiger partial charge < -0.3 is 9.73 Å². The number of nitrogens with one attached hydrogen (secondary N) is 1. The van der Waals surface area contributed by atoms with Crippen molar-refractivity contribution in [3.8, 4) is 11.5 Å². The van der Waals surface area contributed by atoms with Gasteiger partial charge in [0.05, 0.1) is 6.54 Å². The molecule has 4 nitrogen and oxygen atoms in total. The molecule has 22 heavy (non-hydrogen) atoms. The van der Waals surface area contributed by atoms with Gasteiger partial charge in [-0.2, -0.15) is 0 Å². The fourth-order valence-electron chi connectivity index (χ4n) is 2.25. The van der Waals surface area contributed by atoms with Gasteiger partial charge in [0.2, 0.25) is 11.8 Å². The van der Waals surface area contributed by atoms with Gasteiger partial charge in [0.15, 0.2) is 0 Å². The van der Waals surface area contributed by atoms with Crippen LogP contribution in [0.5, 0.6) is 0 Å². The van der Waals surface area contributed by atoms with Crippen molar-refractivity contribution in [1.82, 2.24) is 10.2 Å². The maximum Gasteiger partial charge on any atom is 0.247 e. The lowest BCUT2D eigenvalue weighted by atomic mass is 10.1. The molecule has 1 aromatic heterocycles. The predicted octanol–water partition coefficient (Wildman–Crippen LogP) is 4.62. The van der Waals surface area contributed by atoms with Crippen molar-refractivity contribution in [3.05, 3.63) is 64.5 Å². The first-order valence-electron chi connectivity index (χ1n) is 7.01. The standard InChI is InChI=1S/C17H16ClN3O/c1-11-6-7-15(12(2)8-11)19-10-16-20-21-17(22-16)13-4-3-5-14(18)9-13/h3-9,19H,10H2,1-2H3. The first-order chi connectivity index (χ1) is 10.6. The van der Waals surface area contributed by atoms with E-state index in [1.54, 1.807) is 6.07 Å². The number of hydrogen-bond donors (Lipinski definition) is 1. The second-order valence-corrected chi connectivity index (χ2v) is 5.62. The SMILES string of the molecule is Cc1ccc(NCc2nnc(-c3cccc(Cl)c3)o2)c(C)c1. The molecule has 0 aliphatic rings. The minimum Gasteiger partial charge on any atom is -0.419 e. The lowest BCUT2D eigenvalue weighted by Gasteiger charge is -2.07. The van der Waals surface area contributed by atoms with E-state index in [1.807, 2.05) is 18.2 Å². The van der Waals surface area contributed by atoms with E-state index in [0.717, 1.165) is 11.3 Å². The van der Waals surface area contributed by atoms with Gasteiger partial charge in [-0.25, -0.2) is 0 Å². The Morgan fingerprint density at radius 1 is 1.09 bits per heavy atom. The van der Waals surface area contributed by atoms with Gasteiger partial charge >= 0.3 is 0 Å². The van der Waals surface area contributed by atoms with Gasteiger partial charge in [0.25, 0.3) is 0 Å². The van der Waals surface area contributed by atoms with Crippen LogP contribution >= 0.6 is 11.6 Å². The van der Waals surface area contributed by atoms with Crippen LogP contribution in [0.4, 0.5) is 5.69 Å². The maximum atomic E-state index is 5.97. The lowest BCUT2D eigenvalue weighted by molar-refractivity contribution is 0.515. The number of halogens is 1. The number of benzene rings is 2. The molecular formula is C17H16ClN3O. The quantitative estimate of drug-likeness (QED) is 0.763. The van der Waals surface area contributed by atoms with Gasteiger partial charge in [-0.3, -0.25) is 0 Å². The molecule has 0 saturated carbocycles. The van der Waals surface area contributed by atoms with Crippen LogP contribution in [-0.4, -0.2) is 10.2 Å². The van der Waals surface area contributed by atoms with Crippen molar-refractivity contribution in [3.63, 3.8) is 0 Å². The largest absolute Gasteiger partial charge is 0.419 e. The molecule has 0 radical (unpaired) electrons. The zero-order valence-electron chi connectivity index (χ0n) is 12.4. The van der Waals surface area contributed by atoms with Crippen LogP contribution in [0, 0.1) is 13.8 Å². The number of hydrogen-bond acceptors (Lipinski definition) is 4. The van der Waals surface area contributed by atoms with Crippen molar-refractivity contribution in [2.75, 3.05) is 5.32 Å². The number of rotatable bonds is 4. The highest BCUT2D eigenvalue weighted by atomic mass is 35.5. The van der Waals surface area contributed by atoms with Crippen molar-refractivity contribution in [2.45, 2.75) is 20.4 Å². The normalized spacial score (nSPS) is 10.7. The molecule has 0 unspecified atom stereocenters. The number of nitrogens with zero attached hydrogens (tertiary/aromatic N) is 2. The molecule has 0 saturated heterocycles. The Morgan fingerprint density at radius 3 is 2.73 bits per heavy atom. The van der Waals surface area contributed by atoms with Gasteiger partial charge in [-0.15, -0.1) is 10.2 Å². The number of aryl methyl sites for hydroxylation is 2. The monoisotopic (exact) mass is 313 g/mol. The molecule has 0 aliphatic heterocycles. The number of aromatic nitrogens is 2. The molecule has 5 heteroatoms. The Morgan fingerprint density at radius 2 is 1.95 bits per heavy atom. The van der Waals surface area contributed by atoms with E-state index in [1.165, 1.54) is 11.1 Å². The van der Waals surface area contributed by atoms with Crippen LogP contribution in [0.2, 0.25) is 5.02 Å². The molecule has 0 bridgehead atoms. The maximum absolute atomic E-state index is 5.97. The van der Waals surface area contributed by atoms with E-state index in [4.69, 9.17) is 16.0 Å². The fourth-order valence-corrected chi connectivity index (χ4v) is 2.44. The molecule has 1 N–H and O–H groups in total. The highest BCUT2D eigenvalue weighted by molar-refractivity contribution is 6.30. The summed E-state index contributed by atoms with van der Waals surface area (Å²) in [6, 6.07) is 13.6. The average molecular weight is 314 g/mol. The molecular weight excluding hydrogens is 298 g/mol. The summed E-state index contributed by atoms with van der Waals surface area (Å²) in [6.45, 7) is 4.63. The van der Waals surface area contributed by atoms with Crippen LogP contribution in [0.15, 0.2) is 46.9 Å². The second kappa shape index (κ2) is 6.20. The van der Waals surface area contributed by atoms with Crippen LogP contribution in [-0.2, 0) is 6.54 Å². The van der Waals surface area contributed by atoms with E-state index in [9.17, 15) is 0 Å². The highest BCUT2D eigenvalue weighted by Crippen LogP contribution is 2.22. The molecule has 0 aliphatic carbocycles. The average Bonchev–Trinajstić information content (AvgIpc) is 2.95. The Bertz CT molecular complexity index is 798. The topological polar surface area (TPSA) is 51.0 Å². The fraction of sp³-hybridized carbons (Fsp3) is 0.176. The zero-order valence-corrected chi connectivity index (χ0v) is 13.2. The summed E-state index contributed by atoms with van der Waals surface area (Å²) >= 11 is 5.97. The van der Waals surface area contributed by atoms with Crippen molar-refractivity contribution >= 4 is 17.3 Å². The van der Waals surface area contributed by atoms with Crippen LogP contribution in [0.1, 0.15) is 17.0 Å². The first-order valence-corrected chi connectivity index (χ1v) is 7.39. The van der Waals surface area contributed by atoms with Gasteiger partial charge in [0, 0.05) is 16.3 Å². The summed E-state index contributed by atoms with van der Waals surface area (Å²) < 4.78 is 5.67. The summed E-state index contributed by atoms with van der Waals surface area (Å²) in [5.41, 5.74) is 4.31. The third-order valence-electron chi connectivity index (χ3n) is 3.35. The first kappa shape index (κ1) is 14.6. The molecule has 0 fully saturated rings. The Labute approximate surface area is 134 Å². The van der Waals surface area contributed by atoms with Gasteiger partial charge in [-0.1, -0.05) is 35.4 Å². The van der Waals surface area contributed by atoms with E-state index in [0.29, 0.717) is 23.3 Å². The molecule has 0 spiro atoms. The molecule has 0 atom stereocenters. The third-order valence-corrected chi connectivity index (χ3v) is 3.59. The lowest BCUT2D eigenvalue weighted by Crippen LogP contribution is -2.01. The predicted molar refractivity (Wildman–Crippen MR) is 88.0 cm³/mol. The summed E-state index contributed by atoms with van der Waals surface area (Å²) in [5.74, 6) is 1.01. The van der Waals surface area contributed by atoms with Crippen LogP contribution in [0.25, 0.3) is 11.5 Å². The van der Waals surface area contributed by atoms with Crippen LogP contribution < -0.4 is 5.32 Å². The Kier molecular flexibility index (Phi) is 4.11. The van der Waals surface area contributed by atoms with Crippen molar-refractivity contribution < 1.29 is 4.42 Å². The molecule has 112 valence electrons. The van der Waals surface area contributed by atoms with Crippen LogP contribution in [0.3, 0.4) is 0 Å². The Balaban J connectivity index is 1.72. The highest BCUT2D eigenvalue weighted by Gasteiger charge is 2.09. The summed E-state index contributed by atoms with van der Waals surface area (Å²) in [7, 11) is 0. The summed E-state index contributed by atoms with van der Waals surface area (Å²) in [4.78, 5) is 0. The molecule has 3 rings (SSSR count). The zero-order chi connectivity index (χ0) is 15.5. The Hall–Kier alpha value is -2.33. The van der Waals surface area contributed by atoms with E-state index >= 15 is 0 Å². The molecule has 0 amide bonds. The van der Waals surface area contributed by atoms with Gasteiger partial charge in [-0.05, 0) is 43.7 Å². The number of anilines is 1. The van der Waals surface area contributed by atoms with E-state index in [-0.39, 0.29) is 0 Å². The summed E-state index contributed by atoms with van der Waals surface area (Å²) in [6.07, 6.45) is 0. The summed E-state index contributed by atoms with van der Waals surface area (Å²) in [5, 5.41) is 12.1. The molecule has 2 aromatic carbocycles. The van der Waals surface area contributed by atoms with Crippen molar-refractivity contribution in [2.24, 2.45) is 0 Å².